The van der Waals surface area contributed by atoms with Crippen LogP contribution in [0.1, 0.15) is 25.5 Å². The van der Waals surface area contributed by atoms with Crippen molar-refractivity contribution in [3.05, 3.63) is 35.8 Å². The fraction of sp³-hybridized carbons (Fsp3) is 0.231. The van der Waals surface area contributed by atoms with E-state index in [1.807, 2.05) is 13.8 Å². The smallest absolute Gasteiger partial charge is 0.186 e. The van der Waals surface area contributed by atoms with Gasteiger partial charge < -0.3 is 5.73 Å². The Hall–Kier alpha value is -2.37. The Kier molecular flexibility index (Phi) is 2.51. The number of aromatic amines is 1. The molecule has 0 aliphatic heterocycles. The van der Waals surface area contributed by atoms with Crippen LogP contribution in [0.5, 0.6) is 0 Å². The molecule has 2 aromatic heterocycles. The van der Waals surface area contributed by atoms with Crippen LogP contribution in [0.25, 0.3) is 16.7 Å². The third kappa shape index (κ3) is 1.76. The lowest BCUT2D eigenvalue weighted by molar-refractivity contribution is 0.625. The number of rotatable bonds is 2. The third-order valence-corrected chi connectivity index (χ3v) is 3.04. The second-order valence-electron chi connectivity index (χ2n) is 4.77. The molecule has 0 saturated heterocycles. The van der Waals surface area contributed by atoms with E-state index in [1.165, 1.54) is 12.1 Å². The van der Waals surface area contributed by atoms with Gasteiger partial charge in [-0.1, -0.05) is 19.9 Å². The van der Waals surface area contributed by atoms with Crippen LogP contribution in [0.2, 0.25) is 0 Å². The number of hydrogen-bond acceptors (Lipinski definition) is 3. The first-order chi connectivity index (χ1) is 9.08. The minimum absolute atomic E-state index is 0.206. The van der Waals surface area contributed by atoms with E-state index in [1.54, 1.807) is 16.8 Å². The van der Waals surface area contributed by atoms with E-state index in [-0.39, 0.29) is 11.7 Å². The van der Waals surface area contributed by atoms with Gasteiger partial charge in [0.2, 0.25) is 0 Å². The zero-order valence-corrected chi connectivity index (χ0v) is 10.7. The molecule has 0 radical (unpaired) electrons. The van der Waals surface area contributed by atoms with Gasteiger partial charge in [0.15, 0.2) is 5.65 Å². The highest BCUT2D eigenvalue weighted by molar-refractivity contribution is 5.90. The summed E-state index contributed by atoms with van der Waals surface area (Å²) in [6.07, 6.45) is 0. The molecule has 3 aromatic rings. The van der Waals surface area contributed by atoms with Crippen LogP contribution < -0.4 is 5.73 Å². The van der Waals surface area contributed by atoms with Gasteiger partial charge in [-0.2, -0.15) is 10.2 Å². The first-order valence-electron chi connectivity index (χ1n) is 6.06. The Bertz CT molecular complexity index is 741. The number of hydrogen-bond donors (Lipinski definition) is 2. The van der Waals surface area contributed by atoms with Gasteiger partial charge in [0.05, 0.1) is 16.8 Å². The first kappa shape index (κ1) is 11.7. The Labute approximate surface area is 109 Å². The topological polar surface area (TPSA) is 72.5 Å². The van der Waals surface area contributed by atoms with Gasteiger partial charge in [-0.3, -0.25) is 5.10 Å². The number of aromatic nitrogens is 4. The van der Waals surface area contributed by atoms with Crippen LogP contribution in [0.15, 0.2) is 24.3 Å². The van der Waals surface area contributed by atoms with Gasteiger partial charge in [-0.05, 0) is 24.1 Å². The molecule has 0 amide bonds. The summed E-state index contributed by atoms with van der Waals surface area (Å²) in [6.45, 7) is 4.06. The highest BCUT2D eigenvalue weighted by Gasteiger charge is 2.19. The molecule has 19 heavy (non-hydrogen) atoms. The van der Waals surface area contributed by atoms with E-state index in [9.17, 15) is 4.39 Å². The molecule has 0 fully saturated rings. The van der Waals surface area contributed by atoms with E-state index in [2.05, 4.69) is 15.3 Å². The van der Waals surface area contributed by atoms with Crippen LogP contribution in [0.4, 0.5) is 10.2 Å². The number of nitrogen functional groups attached to an aromatic ring is 1. The molecule has 5 nitrogen and oxygen atoms in total. The molecule has 0 aliphatic rings. The quantitative estimate of drug-likeness (QED) is 0.743. The SMILES string of the molecule is CC(C)c1nn(-c2cccc(F)c2)c2n[nH]c(N)c12. The summed E-state index contributed by atoms with van der Waals surface area (Å²) in [6, 6.07) is 6.24. The van der Waals surface area contributed by atoms with Crippen LogP contribution in [0, 0.1) is 5.82 Å². The summed E-state index contributed by atoms with van der Waals surface area (Å²) in [7, 11) is 0. The van der Waals surface area contributed by atoms with Crippen molar-refractivity contribution in [1.29, 1.82) is 0 Å². The average molecular weight is 259 g/mol. The maximum atomic E-state index is 13.3. The number of nitrogens with zero attached hydrogens (tertiary/aromatic N) is 3. The van der Waals surface area contributed by atoms with Crippen LogP contribution >= 0.6 is 0 Å². The minimum atomic E-state index is -0.309. The number of nitrogens with one attached hydrogen (secondary N) is 1. The molecule has 3 N–H and O–H groups in total. The summed E-state index contributed by atoms with van der Waals surface area (Å²) in [5, 5.41) is 12.2. The number of halogens is 1. The lowest BCUT2D eigenvalue weighted by atomic mass is 10.1. The Morgan fingerprint density at radius 3 is 2.84 bits per heavy atom. The van der Waals surface area contributed by atoms with Crippen molar-refractivity contribution in [2.45, 2.75) is 19.8 Å². The standard InChI is InChI=1S/C13H14FN5/c1-7(2)11-10-12(15)16-17-13(10)19(18-11)9-5-3-4-8(14)6-9/h3-7H,1-2H3,(H3,15,16,17). The molecule has 0 bridgehead atoms. The molecule has 6 heteroatoms. The summed E-state index contributed by atoms with van der Waals surface area (Å²) in [5.74, 6) is 0.384. The van der Waals surface area contributed by atoms with E-state index in [4.69, 9.17) is 5.73 Å². The molecular formula is C13H14FN5. The highest BCUT2D eigenvalue weighted by atomic mass is 19.1. The van der Waals surface area contributed by atoms with Crippen molar-refractivity contribution in [2.24, 2.45) is 0 Å². The minimum Gasteiger partial charge on any atom is -0.383 e. The fourth-order valence-corrected chi connectivity index (χ4v) is 2.15. The Balaban J connectivity index is 2.30. The number of nitrogens with two attached hydrogens (primary N) is 1. The van der Waals surface area contributed by atoms with Crippen molar-refractivity contribution in [3.63, 3.8) is 0 Å². The van der Waals surface area contributed by atoms with Crippen molar-refractivity contribution in [2.75, 3.05) is 5.73 Å². The molecule has 0 unspecified atom stereocenters. The zero-order valence-electron chi connectivity index (χ0n) is 10.7. The molecule has 0 atom stereocenters. The third-order valence-electron chi connectivity index (χ3n) is 3.04. The second-order valence-corrected chi connectivity index (χ2v) is 4.77. The van der Waals surface area contributed by atoms with Crippen molar-refractivity contribution in [3.8, 4) is 5.69 Å². The van der Waals surface area contributed by atoms with Gasteiger partial charge in [0, 0.05) is 0 Å². The maximum absolute atomic E-state index is 13.3. The van der Waals surface area contributed by atoms with Gasteiger partial charge >= 0.3 is 0 Å². The molecule has 98 valence electrons. The molecule has 3 rings (SSSR count). The Morgan fingerprint density at radius 1 is 1.37 bits per heavy atom. The van der Waals surface area contributed by atoms with Crippen molar-refractivity contribution < 1.29 is 4.39 Å². The van der Waals surface area contributed by atoms with Crippen molar-refractivity contribution in [1.82, 2.24) is 20.0 Å². The van der Waals surface area contributed by atoms with Crippen LogP contribution in [-0.2, 0) is 0 Å². The molecule has 2 heterocycles. The maximum Gasteiger partial charge on any atom is 0.186 e. The molecule has 0 spiro atoms. The van der Waals surface area contributed by atoms with E-state index in [0.717, 1.165) is 11.1 Å². The van der Waals surface area contributed by atoms with Crippen LogP contribution in [0.3, 0.4) is 0 Å². The van der Waals surface area contributed by atoms with Gasteiger partial charge in [-0.15, -0.1) is 0 Å². The number of anilines is 1. The second kappa shape index (κ2) is 4.08. The fourth-order valence-electron chi connectivity index (χ4n) is 2.15. The zero-order chi connectivity index (χ0) is 13.6. The van der Waals surface area contributed by atoms with E-state index < -0.39 is 0 Å². The van der Waals surface area contributed by atoms with Gasteiger partial charge in [0.1, 0.15) is 11.6 Å². The molecule has 0 aliphatic carbocycles. The van der Waals surface area contributed by atoms with Gasteiger partial charge in [-0.25, -0.2) is 9.07 Å². The number of H-pyrrole nitrogens is 1. The Morgan fingerprint density at radius 2 is 2.16 bits per heavy atom. The summed E-state index contributed by atoms with van der Waals surface area (Å²) < 4.78 is 14.9. The molecular weight excluding hydrogens is 245 g/mol. The highest BCUT2D eigenvalue weighted by Crippen LogP contribution is 2.29. The predicted molar refractivity (Wildman–Crippen MR) is 71.7 cm³/mol. The normalized spacial score (nSPS) is 11.6. The average Bonchev–Trinajstić information content (AvgIpc) is 2.90. The molecule has 0 saturated carbocycles. The van der Waals surface area contributed by atoms with Gasteiger partial charge in [0.25, 0.3) is 0 Å². The summed E-state index contributed by atoms with van der Waals surface area (Å²) >= 11 is 0. The summed E-state index contributed by atoms with van der Waals surface area (Å²) in [4.78, 5) is 0. The van der Waals surface area contributed by atoms with Crippen LogP contribution in [-0.4, -0.2) is 20.0 Å². The predicted octanol–water partition coefficient (Wildman–Crippen LogP) is 2.59. The van der Waals surface area contributed by atoms with E-state index >= 15 is 0 Å². The lowest BCUT2D eigenvalue weighted by Gasteiger charge is -2.02. The number of benzene rings is 1. The summed E-state index contributed by atoms with van der Waals surface area (Å²) in [5.41, 5.74) is 7.99. The largest absolute Gasteiger partial charge is 0.383 e. The first-order valence-corrected chi connectivity index (χ1v) is 6.06. The van der Waals surface area contributed by atoms with E-state index in [0.29, 0.717) is 17.2 Å². The van der Waals surface area contributed by atoms with Crippen molar-refractivity contribution >= 4 is 16.9 Å². The monoisotopic (exact) mass is 259 g/mol. The number of fused-ring (bicyclic) bond motifs is 1. The molecule has 1 aromatic carbocycles. The lowest BCUT2D eigenvalue weighted by Crippen LogP contribution is -2.00.